The van der Waals surface area contributed by atoms with Crippen LogP contribution in [-0.2, 0) is 0 Å². The van der Waals surface area contributed by atoms with Gasteiger partial charge in [0.2, 0.25) is 5.65 Å². The Morgan fingerprint density at radius 3 is 3.20 bits per heavy atom. The lowest BCUT2D eigenvalue weighted by molar-refractivity contribution is 0.493. The Labute approximate surface area is 144 Å². The fourth-order valence-electron chi connectivity index (χ4n) is 3.70. The first-order valence-electron chi connectivity index (χ1n) is 8.63. The number of benzene rings is 1. The molecule has 1 N–H and O–H groups in total. The molecule has 4 aromatic rings. The number of aryl methyl sites for hydroxylation is 1. The molecule has 0 amide bonds. The zero-order chi connectivity index (χ0) is 16.8. The Hall–Kier alpha value is -2.96. The molecule has 126 valence electrons. The normalized spacial score (nSPS) is 18.3. The van der Waals surface area contributed by atoms with Gasteiger partial charge in [-0.2, -0.15) is 0 Å². The van der Waals surface area contributed by atoms with Crippen LogP contribution < -0.4 is 4.90 Å². The van der Waals surface area contributed by atoms with Gasteiger partial charge in [0.1, 0.15) is 12.2 Å². The Morgan fingerprint density at radius 1 is 1.28 bits per heavy atom. The molecule has 3 aromatic heterocycles. The topological polar surface area (TPSA) is 75.0 Å². The minimum absolute atomic E-state index is 0.367. The molecule has 1 aliphatic rings. The number of hydrogen-bond acceptors (Lipinski definition) is 5. The van der Waals surface area contributed by atoms with Crippen molar-refractivity contribution in [2.24, 2.45) is 0 Å². The van der Waals surface area contributed by atoms with Gasteiger partial charge in [0, 0.05) is 31.4 Å². The SMILES string of the molecule is Cc1ccc2nc(C3CCCN(c4nccn5cnnc45)C3)[nH]c2c1. The number of anilines is 1. The van der Waals surface area contributed by atoms with Crippen molar-refractivity contribution >= 4 is 22.5 Å². The molecule has 1 atom stereocenters. The van der Waals surface area contributed by atoms with E-state index >= 15 is 0 Å². The van der Waals surface area contributed by atoms with Crippen molar-refractivity contribution in [2.45, 2.75) is 25.7 Å². The summed E-state index contributed by atoms with van der Waals surface area (Å²) in [5.74, 6) is 2.34. The maximum Gasteiger partial charge on any atom is 0.203 e. The van der Waals surface area contributed by atoms with Crippen LogP contribution in [0.3, 0.4) is 0 Å². The molecule has 0 aliphatic carbocycles. The number of nitrogens with zero attached hydrogens (tertiary/aromatic N) is 6. The maximum absolute atomic E-state index is 4.82. The number of H-pyrrole nitrogens is 1. The van der Waals surface area contributed by atoms with Crippen LogP contribution in [0.1, 0.15) is 30.1 Å². The second-order valence-corrected chi connectivity index (χ2v) is 6.74. The molecule has 5 rings (SSSR count). The van der Waals surface area contributed by atoms with Gasteiger partial charge in [-0.05, 0) is 37.5 Å². The molecule has 4 heterocycles. The average molecular weight is 333 g/mol. The number of fused-ring (bicyclic) bond motifs is 2. The van der Waals surface area contributed by atoms with Gasteiger partial charge in [0.25, 0.3) is 0 Å². The number of aromatic nitrogens is 6. The Morgan fingerprint density at radius 2 is 2.24 bits per heavy atom. The van der Waals surface area contributed by atoms with Crippen molar-refractivity contribution in [3.05, 3.63) is 48.3 Å². The van der Waals surface area contributed by atoms with Crippen LogP contribution >= 0.6 is 0 Å². The average Bonchev–Trinajstić information content (AvgIpc) is 3.27. The summed E-state index contributed by atoms with van der Waals surface area (Å²) >= 11 is 0. The number of nitrogens with one attached hydrogen (secondary N) is 1. The fraction of sp³-hybridized carbons (Fsp3) is 0.333. The molecule has 7 heteroatoms. The van der Waals surface area contributed by atoms with Gasteiger partial charge in [-0.3, -0.25) is 4.40 Å². The predicted octanol–water partition coefficient (Wildman–Crippen LogP) is 2.69. The molecule has 1 fully saturated rings. The van der Waals surface area contributed by atoms with Gasteiger partial charge < -0.3 is 9.88 Å². The van der Waals surface area contributed by atoms with Crippen molar-refractivity contribution in [3.8, 4) is 0 Å². The van der Waals surface area contributed by atoms with Crippen LogP contribution in [0, 0.1) is 6.92 Å². The molecule has 0 radical (unpaired) electrons. The predicted molar refractivity (Wildman–Crippen MR) is 95.8 cm³/mol. The highest BCUT2D eigenvalue weighted by atomic mass is 15.3. The molecule has 0 spiro atoms. The van der Waals surface area contributed by atoms with E-state index in [-0.39, 0.29) is 0 Å². The highest BCUT2D eigenvalue weighted by molar-refractivity contribution is 5.76. The first kappa shape index (κ1) is 14.4. The fourth-order valence-corrected chi connectivity index (χ4v) is 3.70. The van der Waals surface area contributed by atoms with Crippen molar-refractivity contribution in [1.82, 2.24) is 29.5 Å². The molecule has 1 unspecified atom stereocenters. The third kappa shape index (κ3) is 2.43. The third-order valence-corrected chi connectivity index (χ3v) is 4.96. The van der Waals surface area contributed by atoms with Crippen molar-refractivity contribution < 1.29 is 0 Å². The van der Waals surface area contributed by atoms with Gasteiger partial charge in [0.15, 0.2) is 5.82 Å². The minimum Gasteiger partial charge on any atom is -0.353 e. The number of aromatic amines is 1. The summed E-state index contributed by atoms with van der Waals surface area (Å²) in [6.07, 6.45) is 7.63. The highest BCUT2D eigenvalue weighted by Crippen LogP contribution is 2.30. The van der Waals surface area contributed by atoms with Crippen LogP contribution in [0.5, 0.6) is 0 Å². The molecule has 1 saturated heterocycles. The van der Waals surface area contributed by atoms with Crippen molar-refractivity contribution in [2.75, 3.05) is 18.0 Å². The third-order valence-electron chi connectivity index (χ3n) is 4.96. The standard InChI is InChI=1S/C18H19N7/c1-12-4-5-14-15(9-12)22-16(21-14)13-3-2-7-24(10-13)17-18-23-20-11-25(18)8-6-19-17/h4-6,8-9,11,13H,2-3,7,10H2,1H3,(H,21,22). The van der Waals surface area contributed by atoms with Gasteiger partial charge in [-0.25, -0.2) is 9.97 Å². The number of imidazole rings is 1. The van der Waals surface area contributed by atoms with Crippen molar-refractivity contribution in [3.63, 3.8) is 0 Å². The van der Waals surface area contributed by atoms with E-state index in [0.29, 0.717) is 5.92 Å². The second-order valence-electron chi connectivity index (χ2n) is 6.74. The summed E-state index contributed by atoms with van der Waals surface area (Å²) < 4.78 is 1.91. The Kier molecular flexibility index (Phi) is 3.19. The van der Waals surface area contributed by atoms with E-state index in [9.17, 15) is 0 Å². The lowest BCUT2D eigenvalue weighted by Gasteiger charge is -2.32. The molecule has 25 heavy (non-hydrogen) atoms. The lowest BCUT2D eigenvalue weighted by Crippen LogP contribution is -2.35. The molecular weight excluding hydrogens is 314 g/mol. The summed E-state index contributed by atoms with van der Waals surface area (Å²) in [6, 6.07) is 6.35. The first-order chi connectivity index (χ1) is 12.3. The largest absolute Gasteiger partial charge is 0.353 e. The monoisotopic (exact) mass is 333 g/mol. The van der Waals surface area contributed by atoms with E-state index in [1.165, 1.54) is 5.56 Å². The van der Waals surface area contributed by atoms with E-state index in [2.05, 4.69) is 50.2 Å². The minimum atomic E-state index is 0.367. The first-order valence-corrected chi connectivity index (χ1v) is 8.63. The van der Waals surface area contributed by atoms with E-state index in [1.807, 2.05) is 10.6 Å². The van der Waals surface area contributed by atoms with Gasteiger partial charge in [-0.15, -0.1) is 10.2 Å². The smallest absolute Gasteiger partial charge is 0.203 e. The van der Waals surface area contributed by atoms with E-state index in [0.717, 1.165) is 54.3 Å². The molecule has 1 aromatic carbocycles. The van der Waals surface area contributed by atoms with Gasteiger partial charge in [-0.1, -0.05) is 6.07 Å². The van der Waals surface area contributed by atoms with Crippen LogP contribution in [0.15, 0.2) is 36.9 Å². The summed E-state index contributed by atoms with van der Waals surface area (Å²) in [6.45, 7) is 3.97. The summed E-state index contributed by atoms with van der Waals surface area (Å²) in [4.78, 5) is 15.2. The summed E-state index contributed by atoms with van der Waals surface area (Å²) in [7, 11) is 0. The van der Waals surface area contributed by atoms with Gasteiger partial charge in [0.05, 0.1) is 11.0 Å². The lowest BCUT2D eigenvalue weighted by atomic mass is 9.97. The summed E-state index contributed by atoms with van der Waals surface area (Å²) in [5, 5.41) is 8.22. The molecule has 0 saturated carbocycles. The highest BCUT2D eigenvalue weighted by Gasteiger charge is 2.26. The van der Waals surface area contributed by atoms with E-state index in [1.54, 1.807) is 12.5 Å². The second kappa shape index (κ2) is 5.54. The van der Waals surface area contributed by atoms with Gasteiger partial charge >= 0.3 is 0 Å². The van der Waals surface area contributed by atoms with Crippen LogP contribution in [0.4, 0.5) is 5.82 Å². The van der Waals surface area contributed by atoms with E-state index in [4.69, 9.17) is 4.98 Å². The molecular formula is C18H19N7. The van der Waals surface area contributed by atoms with E-state index < -0.39 is 0 Å². The van der Waals surface area contributed by atoms with Crippen molar-refractivity contribution in [1.29, 1.82) is 0 Å². The Bertz CT molecular complexity index is 1050. The molecule has 1 aliphatic heterocycles. The quantitative estimate of drug-likeness (QED) is 0.610. The molecule has 7 nitrogen and oxygen atoms in total. The zero-order valence-electron chi connectivity index (χ0n) is 14.1. The zero-order valence-corrected chi connectivity index (χ0v) is 14.1. The number of hydrogen-bond donors (Lipinski definition) is 1. The van der Waals surface area contributed by atoms with Crippen LogP contribution in [0.2, 0.25) is 0 Å². The number of piperidine rings is 1. The summed E-state index contributed by atoms with van der Waals surface area (Å²) in [5.41, 5.74) is 4.21. The van der Waals surface area contributed by atoms with Crippen LogP contribution in [-0.4, -0.2) is 42.6 Å². The van der Waals surface area contributed by atoms with Crippen LogP contribution in [0.25, 0.3) is 16.7 Å². The molecule has 0 bridgehead atoms. The maximum atomic E-state index is 4.82. The Balaban J connectivity index is 1.48. The number of rotatable bonds is 2.